The fraction of sp³-hybridized carbons (Fsp3) is 0.115. The molecule has 0 fully saturated rings. The highest BCUT2D eigenvalue weighted by Crippen LogP contribution is 2.32. The number of ether oxygens (including phenoxy) is 1. The standard InChI is InChI=1S/C26H22ClFN4O2S/c1-15(2)34-24-10-6-4-8-18(24)23-14-19(17-7-3-5-9-22(17)30-23)25(33)31-32-26(35)29-16-11-12-21(28)20(27)13-16/h3-15H,1-2H3,(H,31,33)(H2,29,32,35). The van der Waals surface area contributed by atoms with Crippen molar-refractivity contribution in [3.05, 3.63) is 89.2 Å². The van der Waals surface area contributed by atoms with Crippen LogP contribution < -0.4 is 20.9 Å². The predicted octanol–water partition coefficient (Wildman–Crippen LogP) is 6.11. The van der Waals surface area contributed by atoms with Crippen LogP contribution in [0.15, 0.2) is 72.8 Å². The number of benzene rings is 3. The van der Waals surface area contributed by atoms with Gasteiger partial charge in [-0.2, -0.15) is 0 Å². The van der Waals surface area contributed by atoms with E-state index in [-0.39, 0.29) is 16.2 Å². The number of anilines is 1. The van der Waals surface area contributed by atoms with Gasteiger partial charge in [0.25, 0.3) is 5.91 Å². The fourth-order valence-electron chi connectivity index (χ4n) is 3.45. The topological polar surface area (TPSA) is 75.3 Å². The summed E-state index contributed by atoms with van der Waals surface area (Å²) in [6, 6.07) is 20.8. The summed E-state index contributed by atoms with van der Waals surface area (Å²) in [5.74, 6) is -0.267. The van der Waals surface area contributed by atoms with Gasteiger partial charge in [-0.25, -0.2) is 9.37 Å². The van der Waals surface area contributed by atoms with E-state index in [0.29, 0.717) is 33.6 Å². The first kappa shape index (κ1) is 24.4. The van der Waals surface area contributed by atoms with Crippen LogP contribution in [0.3, 0.4) is 0 Å². The van der Waals surface area contributed by atoms with Gasteiger partial charge in [-0.05, 0) is 68.5 Å². The Hall–Kier alpha value is -3.75. The molecule has 3 aromatic carbocycles. The summed E-state index contributed by atoms with van der Waals surface area (Å²) in [5.41, 5.74) is 8.19. The smallest absolute Gasteiger partial charge is 0.270 e. The molecule has 0 aliphatic carbocycles. The quantitative estimate of drug-likeness (QED) is 0.223. The third kappa shape index (κ3) is 5.85. The third-order valence-electron chi connectivity index (χ3n) is 4.95. The van der Waals surface area contributed by atoms with E-state index >= 15 is 0 Å². The van der Waals surface area contributed by atoms with E-state index < -0.39 is 11.7 Å². The van der Waals surface area contributed by atoms with Gasteiger partial charge >= 0.3 is 0 Å². The molecule has 0 aliphatic rings. The number of amides is 1. The lowest BCUT2D eigenvalue weighted by Crippen LogP contribution is -2.43. The maximum Gasteiger partial charge on any atom is 0.270 e. The van der Waals surface area contributed by atoms with Crippen LogP contribution in [0.25, 0.3) is 22.2 Å². The zero-order valence-corrected chi connectivity index (χ0v) is 20.5. The number of pyridine rings is 1. The van der Waals surface area contributed by atoms with E-state index in [4.69, 9.17) is 33.5 Å². The lowest BCUT2D eigenvalue weighted by Gasteiger charge is -2.16. The van der Waals surface area contributed by atoms with Crippen molar-refractivity contribution in [2.45, 2.75) is 20.0 Å². The molecule has 9 heteroatoms. The molecule has 0 saturated heterocycles. The number of thiocarbonyl (C=S) groups is 1. The van der Waals surface area contributed by atoms with Crippen LogP contribution in [0.5, 0.6) is 5.75 Å². The molecule has 3 N–H and O–H groups in total. The number of hydrogen-bond acceptors (Lipinski definition) is 4. The van der Waals surface area contributed by atoms with Crippen molar-refractivity contribution in [1.82, 2.24) is 15.8 Å². The molecule has 0 radical (unpaired) electrons. The van der Waals surface area contributed by atoms with Crippen LogP contribution in [0.1, 0.15) is 24.2 Å². The Labute approximate surface area is 212 Å². The van der Waals surface area contributed by atoms with Gasteiger partial charge in [0.2, 0.25) is 0 Å². The lowest BCUT2D eigenvalue weighted by molar-refractivity contribution is 0.0946. The predicted molar refractivity (Wildman–Crippen MR) is 141 cm³/mol. The average Bonchev–Trinajstić information content (AvgIpc) is 2.84. The molecule has 1 aromatic heterocycles. The average molecular weight is 509 g/mol. The molecule has 178 valence electrons. The van der Waals surface area contributed by atoms with E-state index in [2.05, 4.69) is 16.2 Å². The van der Waals surface area contributed by atoms with Gasteiger partial charge in [-0.3, -0.25) is 15.6 Å². The summed E-state index contributed by atoms with van der Waals surface area (Å²) >= 11 is 11.0. The second-order valence-electron chi connectivity index (χ2n) is 7.90. The number of hydrazine groups is 1. The normalized spacial score (nSPS) is 10.8. The Bertz CT molecular complexity index is 1410. The van der Waals surface area contributed by atoms with Crippen molar-refractivity contribution in [3.8, 4) is 17.0 Å². The van der Waals surface area contributed by atoms with Crippen molar-refractivity contribution in [2.75, 3.05) is 5.32 Å². The third-order valence-corrected chi connectivity index (χ3v) is 5.45. The van der Waals surface area contributed by atoms with Crippen LogP contribution in [-0.2, 0) is 0 Å². The minimum atomic E-state index is -0.537. The minimum absolute atomic E-state index is 0.0203. The monoisotopic (exact) mass is 508 g/mol. The first-order chi connectivity index (χ1) is 16.8. The Kier molecular flexibility index (Phi) is 7.43. The van der Waals surface area contributed by atoms with Gasteiger partial charge in [0.05, 0.1) is 27.9 Å². The number of para-hydroxylation sites is 2. The number of carbonyl (C=O) groups excluding carboxylic acids is 1. The highest BCUT2D eigenvalue weighted by Gasteiger charge is 2.16. The minimum Gasteiger partial charge on any atom is -0.490 e. The molecular formula is C26H22ClFN4O2S. The number of nitrogens with zero attached hydrogens (tertiary/aromatic N) is 1. The van der Waals surface area contributed by atoms with Gasteiger partial charge < -0.3 is 10.1 Å². The number of aromatic nitrogens is 1. The van der Waals surface area contributed by atoms with Gasteiger partial charge in [0.1, 0.15) is 11.6 Å². The Balaban J connectivity index is 1.59. The molecular weight excluding hydrogens is 487 g/mol. The molecule has 0 atom stereocenters. The van der Waals surface area contributed by atoms with Gasteiger partial charge in [0.15, 0.2) is 5.11 Å². The molecule has 0 spiro atoms. The number of nitrogens with one attached hydrogen (secondary N) is 3. The van der Waals surface area contributed by atoms with E-state index in [9.17, 15) is 9.18 Å². The second-order valence-corrected chi connectivity index (χ2v) is 8.71. The van der Waals surface area contributed by atoms with Crippen LogP contribution in [-0.4, -0.2) is 22.1 Å². The molecule has 35 heavy (non-hydrogen) atoms. The molecule has 0 bridgehead atoms. The summed E-state index contributed by atoms with van der Waals surface area (Å²) in [6.45, 7) is 3.90. The summed E-state index contributed by atoms with van der Waals surface area (Å²) in [6.07, 6.45) is -0.0203. The van der Waals surface area contributed by atoms with E-state index in [1.807, 2.05) is 62.4 Å². The zero-order valence-electron chi connectivity index (χ0n) is 18.9. The molecule has 4 aromatic rings. The molecule has 0 saturated carbocycles. The van der Waals surface area contributed by atoms with Crippen molar-refractivity contribution in [2.24, 2.45) is 0 Å². The number of fused-ring (bicyclic) bond motifs is 1. The molecule has 1 amide bonds. The first-order valence-electron chi connectivity index (χ1n) is 10.8. The van der Waals surface area contributed by atoms with Crippen LogP contribution in [0.2, 0.25) is 5.02 Å². The van der Waals surface area contributed by atoms with Crippen LogP contribution >= 0.6 is 23.8 Å². The van der Waals surface area contributed by atoms with Crippen molar-refractivity contribution in [1.29, 1.82) is 0 Å². The maximum absolute atomic E-state index is 13.4. The number of rotatable bonds is 5. The molecule has 0 unspecified atom stereocenters. The molecule has 1 heterocycles. The Morgan fingerprint density at radius 1 is 1.03 bits per heavy atom. The van der Waals surface area contributed by atoms with E-state index in [0.717, 1.165) is 5.56 Å². The van der Waals surface area contributed by atoms with E-state index in [1.165, 1.54) is 18.2 Å². The maximum atomic E-state index is 13.4. The zero-order chi connectivity index (χ0) is 24.9. The highest BCUT2D eigenvalue weighted by atomic mass is 35.5. The van der Waals surface area contributed by atoms with Crippen molar-refractivity contribution < 1.29 is 13.9 Å². The number of carbonyl (C=O) groups is 1. The largest absolute Gasteiger partial charge is 0.490 e. The van der Waals surface area contributed by atoms with Gasteiger partial charge in [-0.1, -0.05) is 41.9 Å². The molecule has 0 aliphatic heterocycles. The van der Waals surface area contributed by atoms with Crippen molar-refractivity contribution in [3.63, 3.8) is 0 Å². The van der Waals surface area contributed by atoms with Crippen molar-refractivity contribution >= 4 is 51.4 Å². The highest BCUT2D eigenvalue weighted by molar-refractivity contribution is 7.80. The fourth-order valence-corrected chi connectivity index (χ4v) is 3.80. The Morgan fingerprint density at radius 3 is 2.54 bits per heavy atom. The van der Waals surface area contributed by atoms with Gasteiger partial charge in [-0.15, -0.1) is 0 Å². The first-order valence-corrected chi connectivity index (χ1v) is 11.6. The summed E-state index contributed by atoms with van der Waals surface area (Å²) in [7, 11) is 0. The summed E-state index contributed by atoms with van der Waals surface area (Å²) in [5, 5.41) is 3.59. The van der Waals surface area contributed by atoms with Gasteiger partial charge in [0, 0.05) is 16.6 Å². The summed E-state index contributed by atoms with van der Waals surface area (Å²) < 4.78 is 19.3. The van der Waals surface area contributed by atoms with Crippen LogP contribution in [0.4, 0.5) is 10.1 Å². The molecule has 6 nitrogen and oxygen atoms in total. The number of halogens is 2. The molecule has 4 rings (SSSR count). The Morgan fingerprint density at radius 2 is 1.77 bits per heavy atom. The number of hydrogen-bond donors (Lipinski definition) is 3. The lowest BCUT2D eigenvalue weighted by atomic mass is 10.0. The van der Waals surface area contributed by atoms with Crippen LogP contribution in [0, 0.1) is 5.82 Å². The van der Waals surface area contributed by atoms with E-state index in [1.54, 1.807) is 6.07 Å². The summed E-state index contributed by atoms with van der Waals surface area (Å²) in [4.78, 5) is 17.9. The second kappa shape index (κ2) is 10.7. The SMILES string of the molecule is CC(C)Oc1ccccc1-c1cc(C(=O)NNC(=S)Nc2ccc(F)c(Cl)c2)c2ccccc2n1.